The van der Waals surface area contributed by atoms with Crippen molar-refractivity contribution in [3.05, 3.63) is 72.3 Å². The fourth-order valence-corrected chi connectivity index (χ4v) is 6.36. The van der Waals surface area contributed by atoms with Gasteiger partial charge in [-0.15, -0.1) is 0 Å². The summed E-state index contributed by atoms with van der Waals surface area (Å²) in [6.07, 6.45) is 2.82. The lowest BCUT2D eigenvalue weighted by molar-refractivity contribution is 0.417. The SMILES string of the molecule is COc1ccccc1NS(=O)(=O)c1cc(NS(=O)(=O)c2ccc(F)c(F)c2)ccc1N1CCCCC1. The van der Waals surface area contributed by atoms with E-state index in [4.69, 9.17) is 4.74 Å². The van der Waals surface area contributed by atoms with E-state index in [9.17, 15) is 25.6 Å². The maximum absolute atomic E-state index is 13.6. The molecule has 0 atom stereocenters. The molecule has 1 fully saturated rings. The van der Waals surface area contributed by atoms with E-state index in [1.165, 1.54) is 25.3 Å². The molecule has 0 saturated carbocycles. The van der Waals surface area contributed by atoms with E-state index in [1.807, 2.05) is 4.90 Å². The lowest BCUT2D eigenvalue weighted by Gasteiger charge is -2.30. The smallest absolute Gasteiger partial charge is 0.264 e. The van der Waals surface area contributed by atoms with Crippen molar-refractivity contribution in [3.63, 3.8) is 0 Å². The van der Waals surface area contributed by atoms with Crippen molar-refractivity contribution in [3.8, 4) is 5.75 Å². The molecule has 1 aliphatic rings. The monoisotopic (exact) mass is 537 g/mol. The topological polar surface area (TPSA) is 105 Å². The number of ether oxygens (including phenoxy) is 1. The Morgan fingerprint density at radius 2 is 1.53 bits per heavy atom. The molecule has 0 aromatic heterocycles. The van der Waals surface area contributed by atoms with Crippen molar-refractivity contribution in [2.24, 2.45) is 0 Å². The number of nitrogens with one attached hydrogen (secondary N) is 2. The Bertz CT molecular complexity index is 1470. The van der Waals surface area contributed by atoms with Crippen LogP contribution in [0.4, 0.5) is 25.8 Å². The third kappa shape index (κ3) is 5.54. The molecule has 2 N–H and O–H groups in total. The van der Waals surface area contributed by atoms with Crippen LogP contribution in [0, 0.1) is 11.6 Å². The van der Waals surface area contributed by atoms with Crippen molar-refractivity contribution >= 4 is 37.1 Å². The molecule has 12 heteroatoms. The van der Waals surface area contributed by atoms with Crippen molar-refractivity contribution < 1.29 is 30.4 Å². The van der Waals surface area contributed by atoms with Crippen LogP contribution >= 0.6 is 0 Å². The van der Waals surface area contributed by atoms with Crippen LogP contribution in [0.2, 0.25) is 0 Å². The fraction of sp³-hybridized carbons (Fsp3) is 0.250. The fourth-order valence-electron chi connectivity index (χ4n) is 3.98. The Balaban J connectivity index is 1.75. The Morgan fingerprint density at radius 3 is 2.22 bits per heavy atom. The Hall–Kier alpha value is -3.38. The van der Waals surface area contributed by atoms with Crippen LogP contribution in [0.25, 0.3) is 0 Å². The number of rotatable bonds is 8. The second kappa shape index (κ2) is 10.3. The highest BCUT2D eigenvalue weighted by Gasteiger charge is 2.26. The van der Waals surface area contributed by atoms with Gasteiger partial charge in [-0.1, -0.05) is 12.1 Å². The van der Waals surface area contributed by atoms with Crippen molar-refractivity contribution in [1.82, 2.24) is 0 Å². The lowest BCUT2D eigenvalue weighted by atomic mass is 10.1. The van der Waals surface area contributed by atoms with Gasteiger partial charge < -0.3 is 9.64 Å². The highest BCUT2D eigenvalue weighted by molar-refractivity contribution is 7.93. The second-order valence-electron chi connectivity index (χ2n) is 8.22. The summed E-state index contributed by atoms with van der Waals surface area (Å²) in [5, 5.41) is 0. The van der Waals surface area contributed by atoms with Gasteiger partial charge in [-0.3, -0.25) is 9.44 Å². The van der Waals surface area contributed by atoms with Gasteiger partial charge in [0.25, 0.3) is 20.0 Å². The second-order valence-corrected chi connectivity index (χ2v) is 11.6. The largest absolute Gasteiger partial charge is 0.495 e. The normalized spacial score (nSPS) is 14.4. The summed E-state index contributed by atoms with van der Waals surface area (Å²) in [5.41, 5.74) is 0.589. The summed E-state index contributed by atoms with van der Waals surface area (Å²) in [6, 6.07) is 12.9. The van der Waals surface area contributed by atoms with Gasteiger partial charge in [-0.2, -0.15) is 0 Å². The standard InChI is InChI=1S/C24H25F2N3O5S2/c1-34-23-8-4-3-7-21(23)28-36(32,33)24-15-17(9-12-22(24)29-13-5-2-6-14-29)27-35(30,31)18-10-11-19(25)20(26)16-18/h3-4,7-12,15-16,27-28H,2,5-6,13-14H2,1H3. The molecule has 1 saturated heterocycles. The van der Waals surface area contributed by atoms with E-state index >= 15 is 0 Å². The quantitative estimate of drug-likeness (QED) is 0.436. The number of benzene rings is 3. The first-order chi connectivity index (χ1) is 17.1. The van der Waals surface area contributed by atoms with Crippen LogP contribution in [0.1, 0.15) is 19.3 Å². The summed E-state index contributed by atoms with van der Waals surface area (Å²) in [5.74, 6) is -2.19. The zero-order chi connectivity index (χ0) is 25.9. The van der Waals surface area contributed by atoms with Gasteiger partial charge in [0.1, 0.15) is 10.6 Å². The number of anilines is 3. The summed E-state index contributed by atoms with van der Waals surface area (Å²) in [6.45, 7) is 1.30. The minimum Gasteiger partial charge on any atom is -0.495 e. The number of piperidine rings is 1. The van der Waals surface area contributed by atoms with E-state index in [0.29, 0.717) is 36.7 Å². The molecular formula is C24H25F2N3O5S2. The molecule has 0 aliphatic carbocycles. The number of hydrogen-bond donors (Lipinski definition) is 2. The van der Waals surface area contributed by atoms with Gasteiger partial charge in [0.15, 0.2) is 11.6 Å². The predicted molar refractivity (Wildman–Crippen MR) is 133 cm³/mol. The van der Waals surface area contributed by atoms with Crippen LogP contribution in [-0.4, -0.2) is 37.0 Å². The number of methoxy groups -OCH3 is 1. The molecule has 4 rings (SSSR count). The van der Waals surface area contributed by atoms with Crippen LogP contribution < -0.4 is 19.1 Å². The zero-order valence-corrected chi connectivity index (χ0v) is 21.0. The van der Waals surface area contributed by atoms with E-state index in [-0.39, 0.29) is 16.3 Å². The van der Waals surface area contributed by atoms with E-state index in [1.54, 1.807) is 24.3 Å². The molecule has 0 unspecified atom stereocenters. The number of hydrogen-bond acceptors (Lipinski definition) is 6. The average molecular weight is 538 g/mol. The molecule has 0 spiro atoms. The van der Waals surface area contributed by atoms with Gasteiger partial charge in [0.05, 0.1) is 29.1 Å². The van der Waals surface area contributed by atoms with Gasteiger partial charge >= 0.3 is 0 Å². The Labute approximate surface area is 209 Å². The van der Waals surface area contributed by atoms with Crippen LogP contribution in [0.5, 0.6) is 5.75 Å². The summed E-state index contributed by atoms with van der Waals surface area (Å²) in [7, 11) is -7.11. The molecule has 3 aromatic carbocycles. The van der Waals surface area contributed by atoms with Gasteiger partial charge in [-0.25, -0.2) is 25.6 Å². The Morgan fingerprint density at radius 1 is 0.806 bits per heavy atom. The third-order valence-corrected chi connectivity index (χ3v) is 8.52. The highest BCUT2D eigenvalue weighted by Crippen LogP contribution is 2.34. The van der Waals surface area contributed by atoms with E-state index in [0.717, 1.165) is 25.3 Å². The first-order valence-corrected chi connectivity index (χ1v) is 14.1. The van der Waals surface area contributed by atoms with Crippen LogP contribution in [0.15, 0.2) is 70.5 Å². The number of sulfonamides is 2. The first kappa shape index (κ1) is 25.7. The summed E-state index contributed by atoms with van der Waals surface area (Å²) < 4.78 is 89.6. The molecule has 36 heavy (non-hydrogen) atoms. The van der Waals surface area contributed by atoms with Gasteiger partial charge in [0.2, 0.25) is 0 Å². The molecular weight excluding hydrogens is 512 g/mol. The van der Waals surface area contributed by atoms with Crippen LogP contribution in [0.3, 0.4) is 0 Å². The van der Waals surface area contributed by atoms with Gasteiger partial charge in [0, 0.05) is 13.1 Å². The van der Waals surface area contributed by atoms with Crippen molar-refractivity contribution in [1.29, 1.82) is 0 Å². The molecule has 1 aliphatic heterocycles. The molecule has 0 radical (unpaired) electrons. The maximum Gasteiger partial charge on any atom is 0.264 e. The van der Waals surface area contributed by atoms with Crippen molar-refractivity contribution in [2.75, 3.05) is 34.5 Å². The van der Waals surface area contributed by atoms with E-state index in [2.05, 4.69) is 9.44 Å². The highest BCUT2D eigenvalue weighted by atomic mass is 32.2. The Kier molecular flexibility index (Phi) is 7.36. The molecule has 1 heterocycles. The zero-order valence-electron chi connectivity index (χ0n) is 19.4. The first-order valence-electron chi connectivity index (χ1n) is 11.1. The van der Waals surface area contributed by atoms with E-state index < -0.39 is 36.6 Å². The molecule has 192 valence electrons. The number of halogens is 2. The third-order valence-electron chi connectivity index (χ3n) is 5.75. The molecule has 8 nitrogen and oxygen atoms in total. The van der Waals surface area contributed by atoms with Gasteiger partial charge in [-0.05, 0) is 67.8 Å². The average Bonchev–Trinajstić information content (AvgIpc) is 2.86. The minimum absolute atomic E-state index is 0.0547. The minimum atomic E-state index is -4.33. The summed E-state index contributed by atoms with van der Waals surface area (Å²) in [4.78, 5) is 1.30. The lowest BCUT2D eigenvalue weighted by Crippen LogP contribution is -2.31. The number of nitrogens with zero attached hydrogens (tertiary/aromatic N) is 1. The number of para-hydroxylation sites is 2. The van der Waals surface area contributed by atoms with Crippen molar-refractivity contribution in [2.45, 2.75) is 29.1 Å². The molecule has 3 aromatic rings. The maximum atomic E-state index is 13.6. The van der Waals surface area contributed by atoms with Crippen LogP contribution in [-0.2, 0) is 20.0 Å². The molecule has 0 bridgehead atoms. The molecule has 0 amide bonds. The summed E-state index contributed by atoms with van der Waals surface area (Å²) >= 11 is 0. The predicted octanol–water partition coefficient (Wildman–Crippen LogP) is 4.57.